The highest BCUT2D eigenvalue weighted by Crippen LogP contribution is 2.01. The number of hydrogen-bond donors (Lipinski definition) is 1. The van der Waals surface area contributed by atoms with Gasteiger partial charge in [0.2, 0.25) is 5.78 Å². The molecule has 0 aromatic heterocycles. The standard InChI is InChI=1S/C8H5ClO2.C8H6O3.C2Cl2O2.CH4/c9-8(11)7(10)6-4-2-1-3-5-6;9-7(8(10)11)6-4-2-1-3-5-6;3-1(5)2(4)6;/h1-5H;1-5H,(H,10,11);;1H4. The Morgan fingerprint density at radius 3 is 1.10 bits per heavy atom. The van der Waals surface area contributed by atoms with Gasteiger partial charge < -0.3 is 5.11 Å². The fourth-order valence-corrected chi connectivity index (χ4v) is 1.53. The van der Waals surface area contributed by atoms with E-state index in [1.807, 2.05) is 0 Å². The third-order valence-corrected chi connectivity index (χ3v) is 3.21. The number of halogens is 3. The summed E-state index contributed by atoms with van der Waals surface area (Å²) in [5, 5.41) is 5.05. The summed E-state index contributed by atoms with van der Waals surface area (Å²) in [6.07, 6.45) is 0. The first-order valence-electron chi connectivity index (χ1n) is 7.09. The molecule has 2 aromatic rings. The molecule has 0 aliphatic heterocycles. The molecule has 1 N–H and O–H groups in total. The minimum absolute atomic E-state index is 0. The predicted molar refractivity (Wildman–Crippen MR) is 108 cm³/mol. The van der Waals surface area contributed by atoms with Gasteiger partial charge in [0, 0.05) is 11.1 Å². The van der Waals surface area contributed by atoms with E-state index in [2.05, 4.69) is 23.2 Å². The van der Waals surface area contributed by atoms with Crippen molar-refractivity contribution in [1.82, 2.24) is 0 Å². The minimum Gasteiger partial charge on any atom is -0.475 e. The summed E-state index contributed by atoms with van der Waals surface area (Å²) < 4.78 is 0. The Labute approximate surface area is 181 Å². The lowest BCUT2D eigenvalue weighted by Gasteiger charge is -1.91. The van der Waals surface area contributed by atoms with Gasteiger partial charge in [-0.25, -0.2) is 4.79 Å². The molecule has 29 heavy (non-hydrogen) atoms. The average molecular weight is 462 g/mol. The number of carbonyl (C=O) groups excluding carboxylic acids is 5. The van der Waals surface area contributed by atoms with Gasteiger partial charge in [0.05, 0.1) is 0 Å². The fourth-order valence-electron chi connectivity index (χ4n) is 1.42. The topological polar surface area (TPSA) is 123 Å². The van der Waals surface area contributed by atoms with E-state index in [1.165, 1.54) is 12.1 Å². The van der Waals surface area contributed by atoms with Crippen molar-refractivity contribution in [3.8, 4) is 0 Å². The third-order valence-electron chi connectivity index (χ3n) is 2.60. The Kier molecular flexibility index (Phi) is 14.8. The lowest BCUT2D eigenvalue weighted by atomic mass is 10.1. The highest BCUT2D eigenvalue weighted by molar-refractivity contribution is 6.97. The Hall–Kier alpha value is -2.87. The summed E-state index contributed by atoms with van der Waals surface area (Å²) >= 11 is 14.0. The SMILES string of the molecule is C.O=C(Cl)C(=O)Cl.O=C(Cl)C(=O)c1ccccc1.O=C(O)C(=O)c1ccccc1. The highest BCUT2D eigenvalue weighted by atomic mass is 35.5. The number of benzene rings is 2. The number of aliphatic carboxylic acids is 1. The van der Waals surface area contributed by atoms with Crippen LogP contribution in [-0.2, 0) is 19.2 Å². The molecule has 0 saturated heterocycles. The molecule has 0 heterocycles. The van der Waals surface area contributed by atoms with Crippen LogP contribution in [0.25, 0.3) is 0 Å². The van der Waals surface area contributed by atoms with Crippen molar-refractivity contribution in [2.75, 3.05) is 0 Å². The van der Waals surface area contributed by atoms with Crippen LogP contribution in [0.5, 0.6) is 0 Å². The van der Waals surface area contributed by atoms with Gasteiger partial charge in [0.1, 0.15) is 0 Å². The van der Waals surface area contributed by atoms with Crippen LogP contribution in [0.1, 0.15) is 28.1 Å². The molecule has 2 aromatic carbocycles. The van der Waals surface area contributed by atoms with Crippen LogP contribution in [0.4, 0.5) is 0 Å². The maximum atomic E-state index is 10.9. The zero-order valence-electron chi connectivity index (χ0n) is 13.8. The van der Waals surface area contributed by atoms with Gasteiger partial charge in [-0.05, 0) is 34.8 Å². The van der Waals surface area contributed by atoms with Crippen LogP contribution in [0.15, 0.2) is 60.7 Å². The van der Waals surface area contributed by atoms with E-state index in [-0.39, 0.29) is 13.0 Å². The predicted octanol–water partition coefficient (Wildman–Crippen LogP) is 3.74. The third kappa shape index (κ3) is 12.2. The molecule has 2 rings (SSSR count). The summed E-state index contributed by atoms with van der Waals surface area (Å²) in [5.41, 5.74) is 0.535. The number of hydrogen-bond acceptors (Lipinski definition) is 6. The quantitative estimate of drug-likeness (QED) is 0.409. The summed E-state index contributed by atoms with van der Waals surface area (Å²) in [6.45, 7) is 0. The number of rotatable bonds is 5. The molecule has 0 radical (unpaired) electrons. The van der Waals surface area contributed by atoms with E-state index in [4.69, 9.17) is 16.7 Å². The second kappa shape index (κ2) is 15.1. The lowest BCUT2D eigenvalue weighted by molar-refractivity contribution is -0.131. The van der Waals surface area contributed by atoms with Gasteiger partial charge >= 0.3 is 16.5 Å². The average Bonchev–Trinajstić information content (AvgIpc) is 2.68. The number of Topliss-reactive ketones (excluding diaryl/α,β-unsaturated/α-hetero) is 2. The molecule has 0 amide bonds. The smallest absolute Gasteiger partial charge is 0.377 e. The molecule has 0 aliphatic rings. The van der Waals surface area contributed by atoms with Crippen molar-refractivity contribution in [1.29, 1.82) is 0 Å². The van der Waals surface area contributed by atoms with Crippen LogP contribution >= 0.6 is 34.8 Å². The molecule has 154 valence electrons. The summed E-state index contributed by atoms with van der Waals surface area (Å²) in [5.74, 6) is -2.95. The number of carbonyl (C=O) groups is 6. The Balaban J connectivity index is 0. The Morgan fingerprint density at radius 2 is 0.862 bits per heavy atom. The van der Waals surface area contributed by atoms with E-state index in [1.54, 1.807) is 48.5 Å². The van der Waals surface area contributed by atoms with Crippen molar-refractivity contribution in [2.24, 2.45) is 0 Å². The van der Waals surface area contributed by atoms with E-state index >= 15 is 0 Å². The van der Waals surface area contributed by atoms with E-state index in [0.717, 1.165) is 0 Å². The molecule has 0 aliphatic carbocycles. The first kappa shape index (κ1) is 28.3. The summed E-state index contributed by atoms with van der Waals surface area (Å²) in [6, 6.07) is 16.1. The largest absolute Gasteiger partial charge is 0.475 e. The monoisotopic (exact) mass is 460 g/mol. The van der Waals surface area contributed by atoms with Crippen LogP contribution in [0.2, 0.25) is 0 Å². The fraction of sp³-hybridized carbons (Fsp3) is 0.0526. The molecule has 0 bridgehead atoms. The highest BCUT2D eigenvalue weighted by Gasteiger charge is 2.12. The first-order valence-corrected chi connectivity index (χ1v) is 8.22. The van der Waals surface area contributed by atoms with Crippen molar-refractivity contribution in [3.63, 3.8) is 0 Å². The second-order valence-electron chi connectivity index (χ2n) is 4.52. The molecular weight excluding hydrogens is 447 g/mol. The van der Waals surface area contributed by atoms with Gasteiger partial charge in [-0.2, -0.15) is 0 Å². The summed E-state index contributed by atoms with van der Waals surface area (Å²) in [7, 11) is 0. The van der Waals surface area contributed by atoms with Gasteiger partial charge in [-0.3, -0.25) is 24.0 Å². The van der Waals surface area contributed by atoms with Crippen molar-refractivity contribution in [2.45, 2.75) is 7.43 Å². The zero-order valence-corrected chi connectivity index (χ0v) is 16.1. The molecule has 0 fully saturated rings. The normalized spacial score (nSPS) is 8.52. The van der Waals surface area contributed by atoms with Crippen LogP contribution in [0, 0.1) is 0 Å². The van der Waals surface area contributed by atoms with E-state index < -0.39 is 33.3 Å². The lowest BCUT2D eigenvalue weighted by Crippen LogP contribution is -2.12. The molecular formula is C19H15Cl3O7. The van der Waals surface area contributed by atoms with Crippen LogP contribution in [0.3, 0.4) is 0 Å². The molecule has 7 nitrogen and oxygen atoms in total. The maximum Gasteiger partial charge on any atom is 0.377 e. The first-order chi connectivity index (χ1) is 13.1. The van der Waals surface area contributed by atoms with E-state index in [9.17, 15) is 28.8 Å². The summed E-state index contributed by atoms with van der Waals surface area (Å²) in [4.78, 5) is 61.0. The molecule has 0 unspecified atom stereocenters. The maximum absolute atomic E-state index is 10.9. The number of carboxylic acids is 1. The second-order valence-corrected chi connectivity index (χ2v) is 5.55. The van der Waals surface area contributed by atoms with Crippen molar-refractivity contribution in [3.05, 3.63) is 71.8 Å². The number of ketones is 2. The van der Waals surface area contributed by atoms with Gasteiger partial charge in [-0.1, -0.05) is 68.1 Å². The Morgan fingerprint density at radius 1 is 0.552 bits per heavy atom. The van der Waals surface area contributed by atoms with Crippen LogP contribution < -0.4 is 0 Å². The van der Waals surface area contributed by atoms with Crippen molar-refractivity contribution < 1.29 is 33.9 Å². The van der Waals surface area contributed by atoms with Crippen molar-refractivity contribution >= 4 is 68.1 Å². The zero-order chi connectivity index (χ0) is 21.7. The minimum atomic E-state index is -1.42. The molecule has 10 heteroatoms. The molecule has 0 atom stereocenters. The van der Waals surface area contributed by atoms with Gasteiger partial charge in [0.15, 0.2) is 0 Å². The van der Waals surface area contributed by atoms with Gasteiger partial charge in [0.25, 0.3) is 11.0 Å². The van der Waals surface area contributed by atoms with Gasteiger partial charge in [-0.15, -0.1) is 0 Å². The van der Waals surface area contributed by atoms with E-state index in [0.29, 0.717) is 5.56 Å². The molecule has 0 saturated carbocycles. The molecule has 0 spiro atoms. The Bertz CT molecular complexity index is 792. The number of carboxylic acid groups (broad SMARTS) is 1. The van der Waals surface area contributed by atoms with Crippen LogP contribution in [-0.4, -0.2) is 38.4 Å².